The van der Waals surface area contributed by atoms with Gasteiger partial charge >= 0.3 is 0 Å². The van der Waals surface area contributed by atoms with Gasteiger partial charge in [0.15, 0.2) is 0 Å². The van der Waals surface area contributed by atoms with Crippen LogP contribution >= 0.6 is 11.6 Å². The van der Waals surface area contributed by atoms with Gasteiger partial charge in [-0.1, -0.05) is 87.0 Å². The molecule has 42 heavy (non-hydrogen) atoms. The first-order chi connectivity index (χ1) is 20.0. The van der Waals surface area contributed by atoms with Crippen molar-refractivity contribution >= 4 is 34.7 Å². The standard InChI is InChI=1S/C35H31ClFNO4/c1-21-18-24(12-17-29(21)42-20-22-8-6-5-7-9-22)32(39)30-31(23-10-13-25(14-11-23)35(2,3)4)38(34(41)33(30)40)26-15-16-28(37)27(36)19-26/h5-19,31,39H,20H2,1-4H3/b32-30+. The first-order valence-corrected chi connectivity index (χ1v) is 14.0. The average Bonchev–Trinajstić information content (AvgIpc) is 3.23. The van der Waals surface area contributed by atoms with Crippen LogP contribution in [0.15, 0.2) is 96.6 Å². The van der Waals surface area contributed by atoms with E-state index in [1.165, 1.54) is 17.0 Å². The summed E-state index contributed by atoms with van der Waals surface area (Å²) in [5.74, 6) is -2.02. The molecule has 7 heteroatoms. The van der Waals surface area contributed by atoms with Gasteiger partial charge in [0.25, 0.3) is 11.7 Å². The van der Waals surface area contributed by atoms with Crippen molar-refractivity contribution in [1.29, 1.82) is 0 Å². The molecule has 4 aromatic rings. The summed E-state index contributed by atoms with van der Waals surface area (Å²) in [6, 6.07) is 25.3. The molecule has 1 aliphatic heterocycles. The van der Waals surface area contributed by atoms with Gasteiger partial charge in [-0.15, -0.1) is 0 Å². The third kappa shape index (κ3) is 5.68. The van der Waals surface area contributed by atoms with Crippen LogP contribution in [0.5, 0.6) is 5.75 Å². The van der Waals surface area contributed by atoms with Crippen molar-refractivity contribution in [2.24, 2.45) is 0 Å². The Morgan fingerprint density at radius 3 is 2.26 bits per heavy atom. The molecule has 1 N–H and O–H groups in total. The highest BCUT2D eigenvalue weighted by Crippen LogP contribution is 2.43. The first-order valence-electron chi connectivity index (χ1n) is 13.6. The van der Waals surface area contributed by atoms with Gasteiger partial charge in [0.2, 0.25) is 0 Å². The number of anilines is 1. The summed E-state index contributed by atoms with van der Waals surface area (Å²) in [7, 11) is 0. The van der Waals surface area contributed by atoms with Crippen molar-refractivity contribution in [2.45, 2.75) is 45.8 Å². The van der Waals surface area contributed by atoms with Crippen LogP contribution in [0.2, 0.25) is 5.02 Å². The smallest absolute Gasteiger partial charge is 0.300 e. The number of rotatable bonds is 6. The minimum Gasteiger partial charge on any atom is -0.507 e. The average molecular weight is 584 g/mol. The molecule has 4 aromatic carbocycles. The maximum Gasteiger partial charge on any atom is 0.300 e. The highest BCUT2D eigenvalue weighted by atomic mass is 35.5. The number of hydrogen-bond acceptors (Lipinski definition) is 4. The molecular weight excluding hydrogens is 553 g/mol. The molecule has 5 rings (SSSR count). The van der Waals surface area contributed by atoms with Crippen LogP contribution in [0.4, 0.5) is 10.1 Å². The van der Waals surface area contributed by atoms with Gasteiger partial charge < -0.3 is 9.84 Å². The fourth-order valence-electron chi connectivity index (χ4n) is 5.06. The van der Waals surface area contributed by atoms with Gasteiger partial charge in [-0.2, -0.15) is 0 Å². The van der Waals surface area contributed by atoms with E-state index in [0.717, 1.165) is 22.8 Å². The first kappa shape index (κ1) is 29.1. The SMILES string of the molecule is Cc1cc(/C(O)=C2\C(=O)C(=O)N(c3ccc(F)c(Cl)c3)C2c2ccc(C(C)(C)C)cc2)ccc1OCc1ccccc1. The Kier molecular flexibility index (Phi) is 7.93. The number of carbonyl (C=O) groups excluding carboxylic acids is 2. The van der Waals surface area contributed by atoms with E-state index in [0.29, 0.717) is 23.5 Å². The van der Waals surface area contributed by atoms with Gasteiger partial charge in [0.1, 0.15) is 23.9 Å². The number of aliphatic hydroxyl groups is 1. The van der Waals surface area contributed by atoms with Crippen molar-refractivity contribution < 1.29 is 23.8 Å². The number of ketones is 1. The van der Waals surface area contributed by atoms with Crippen molar-refractivity contribution in [3.8, 4) is 5.75 Å². The van der Waals surface area contributed by atoms with Crippen LogP contribution in [-0.2, 0) is 21.6 Å². The van der Waals surface area contributed by atoms with Crippen LogP contribution < -0.4 is 9.64 Å². The molecule has 0 spiro atoms. The number of benzene rings is 4. The summed E-state index contributed by atoms with van der Waals surface area (Å²) in [5.41, 5.74) is 3.87. The fraction of sp³-hybridized carbons (Fsp3) is 0.200. The quantitative estimate of drug-likeness (QED) is 0.141. The van der Waals surface area contributed by atoms with Gasteiger partial charge in [0.05, 0.1) is 16.6 Å². The van der Waals surface area contributed by atoms with E-state index in [4.69, 9.17) is 16.3 Å². The zero-order chi connectivity index (χ0) is 30.2. The lowest BCUT2D eigenvalue weighted by atomic mass is 9.85. The molecule has 1 unspecified atom stereocenters. The monoisotopic (exact) mass is 583 g/mol. The molecule has 1 heterocycles. The number of nitrogens with zero attached hydrogens (tertiary/aromatic N) is 1. The Labute approximate surface area is 249 Å². The molecule has 1 amide bonds. The van der Waals surface area contributed by atoms with E-state index in [9.17, 15) is 19.1 Å². The van der Waals surface area contributed by atoms with Crippen molar-refractivity contribution in [2.75, 3.05) is 4.90 Å². The Hall–Kier alpha value is -4.42. The molecule has 1 saturated heterocycles. The second-order valence-electron chi connectivity index (χ2n) is 11.4. The summed E-state index contributed by atoms with van der Waals surface area (Å²) < 4.78 is 20.0. The molecule has 1 atom stereocenters. The second-order valence-corrected chi connectivity index (χ2v) is 11.8. The summed E-state index contributed by atoms with van der Waals surface area (Å²) in [6.07, 6.45) is 0. The van der Waals surface area contributed by atoms with Crippen LogP contribution in [0.3, 0.4) is 0 Å². The lowest BCUT2D eigenvalue weighted by Crippen LogP contribution is -2.29. The van der Waals surface area contributed by atoms with Gasteiger partial charge in [-0.05, 0) is 71.0 Å². The molecule has 1 fully saturated rings. The summed E-state index contributed by atoms with van der Waals surface area (Å²) >= 11 is 6.06. The van der Waals surface area contributed by atoms with Crippen molar-refractivity contribution in [1.82, 2.24) is 0 Å². The highest BCUT2D eigenvalue weighted by molar-refractivity contribution is 6.51. The van der Waals surface area contributed by atoms with E-state index in [-0.39, 0.29) is 27.5 Å². The molecule has 0 saturated carbocycles. The number of amides is 1. The number of aliphatic hydroxyl groups excluding tert-OH is 1. The predicted molar refractivity (Wildman–Crippen MR) is 163 cm³/mol. The number of hydrogen-bond donors (Lipinski definition) is 1. The maximum atomic E-state index is 14.0. The number of aryl methyl sites for hydroxylation is 1. The Balaban J connectivity index is 1.58. The largest absolute Gasteiger partial charge is 0.507 e. The molecule has 214 valence electrons. The minimum absolute atomic E-state index is 0.0682. The zero-order valence-corrected chi connectivity index (χ0v) is 24.6. The third-order valence-electron chi connectivity index (χ3n) is 7.40. The number of ether oxygens (including phenoxy) is 1. The topological polar surface area (TPSA) is 66.8 Å². The van der Waals surface area contributed by atoms with Crippen LogP contribution in [0.1, 0.15) is 54.6 Å². The van der Waals surface area contributed by atoms with E-state index in [1.54, 1.807) is 18.2 Å². The third-order valence-corrected chi connectivity index (χ3v) is 7.69. The summed E-state index contributed by atoms with van der Waals surface area (Å²) in [6.45, 7) is 8.49. The lowest BCUT2D eigenvalue weighted by Gasteiger charge is -2.27. The molecule has 0 radical (unpaired) electrons. The maximum absolute atomic E-state index is 14.0. The number of Topliss-reactive ketones (excluding diaryl/α,β-unsaturated/α-hetero) is 1. The number of carbonyl (C=O) groups is 2. The Morgan fingerprint density at radius 1 is 0.952 bits per heavy atom. The minimum atomic E-state index is -0.963. The summed E-state index contributed by atoms with van der Waals surface area (Å²) in [4.78, 5) is 28.3. The molecule has 0 bridgehead atoms. The number of halogens is 2. The second kappa shape index (κ2) is 11.5. The molecule has 5 nitrogen and oxygen atoms in total. The van der Waals surface area contributed by atoms with Crippen LogP contribution in [0.25, 0.3) is 5.76 Å². The molecule has 1 aliphatic rings. The predicted octanol–water partition coefficient (Wildman–Crippen LogP) is 8.29. The van der Waals surface area contributed by atoms with E-state index >= 15 is 0 Å². The normalized spacial score (nSPS) is 16.6. The fourth-order valence-corrected chi connectivity index (χ4v) is 5.24. The van der Waals surface area contributed by atoms with E-state index in [1.807, 2.05) is 61.5 Å². The molecule has 0 aliphatic carbocycles. The van der Waals surface area contributed by atoms with Crippen molar-refractivity contribution in [3.63, 3.8) is 0 Å². The summed E-state index contributed by atoms with van der Waals surface area (Å²) in [5, 5.41) is 11.4. The van der Waals surface area contributed by atoms with Gasteiger partial charge in [0, 0.05) is 11.3 Å². The Bertz CT molecular complexity index is 1690. The van der Waals surface area contributed by atoms with Crippen LogP contribution in [-0.4, -0.2) is 16.8 Å². The Morgan fingerprint density at radius 2 is 1.64 bits per heavy atom. The lowest BCUT2D eigenvalue weighted by molar-refractivity contribution is -0.132. The van der Waals surface area contributed by atoms with Crippen molar-refractivity contribution in [3.05, 3.63) is 135 Å². The highest BCUT2D eigenvalue weighted by Gasteiger charge is 2.47. The van der Waals surface area contributed by atoms with Crippen LogP contribution in [0, 0.1) is 12.7 Å². The van der Waals surface area contributed by atoms with E-state index in [2.05, 4.69) is 20.8 Å². The van der Waals surface area contributed by atoms with E-state index < -0.39 is 23.5 Å². The van der Waals surface area contributed by atoms with Gasteiger partial charge in [-0.25, -0.2) is 4.39 Å². The molecular formula is C35H31ClFNO4. The molecule has 0 aromatic heterocycles. The zero-order valence-electron chi connectivity index (χ0n) is 23.8. The van der Waals surface area contributed by atoms with Gasteiger partial charge in [-0.3, -0.25) is 14.5 Å².